The molecule has 2 N–H and O–H groups in total. The van der Waals surface area contributed by atoms with Crippen molar-refractivity contribution in [3.8, 4) is 5.75 Å². The Bertz CT molecular complexity index is 750. The summed E-state index contributed by atoms with van der Waals surface area (Å²) in [6.07, 6.45) is 1.04. The van der Waals surface area contributed by atoms with Crippen LogP contribution in [0.1, 0.15) is 29.3 Å². The summed E-state index contributed by atoms with van der Waals surface area (Å²) in [5.41, 5.74) is 6.00. The first-order valence-corrected chi connectivity index (χ1v) is 8.92. The van der Waals surface area contributed by atoms with E-state index < -0.39 is 5.91 Å². The average molecular weight is 426 g/mol. The summed E-state index contributed by atoms with van der Waals surface area (Å²) < 4.78 is 6.22. The first-order chi connectivity index (χ1) is 12.0. The first-order valence-electron chi connectivity index (χ1n) is 7.75. The van der Waals surface area contributed by atoms with Gasteiger partial charge in [0.1, 0.15) is 5.75 Å². The Morgan fingerprint density at radius 1 is 1.12 bits per heavy atom. The molecule has 0 unspecified atom stereocenters. The number of amides is 2. The van der Waals surface area contributed by atoms with Crippen LogP contribution in [0.15, 0.2) is 46.9 Å². The molecule has 25 heavy (non-hydrogen) atoms. The van der Waals surface area contributed by atoms with Crippen molar-refractivity contribution in [3.05, 3.63) is 63.1 Å². The summed E-state index contributed by atoms with van der Waals surface area (Å²) in [7, 11) is 0. The highest BCUT2D eigenvalue weighted by molar-refractivity contribution is 9.10. The third-order valence-electron chi connectivity index (χ3n) is 3.25. The van der Waals surface area contributed by atoms with E-state index in [4.69, 9.17) is 16.3 Å². The van der Waals surface area contributed by atoms with Gasteiger partial charge >= 0.3 is 0 Å². The summed E-state index contributed by atoms with van der Waals surface area (Å²) in [6.45, 7) is 2.62. The monoisotopic (exact) mass is 424 g/mol. The predicted octanol–water partition coefficient (Wildman–Crippen LogP) is 3.90. The van der Waals surface area contributed by atoms with Gasteiger partial charge in [-0.15, -0.1) is 0 Å². The number of hydrogen-bond acceptors (Lipinski definition) is 3. The maximum Gasteiger partial charge on any atom is 0.269 e. The number of carbonyl (C=O) groups is 2. The Kier molecular flexibility index (Phi) is 7.28. The van der Waals surface area contributed by atoms with Gasteiger partial charge in [0.25, 0.3) is 5.91 Å². The highest BCUT2D eigenvalue weighted by Crippen LogP contribution is 2.26. The third-order valence-corrected chi connectivity index (χ3v) is 4.12. The van der Waals surface area contributed by atoms with Crippen LogP contribution >= 0.6 is 27.5 Å². The smallest absolute Gasteiger partial charge is 0.269 e. The first kappa shape index (κ1) is 19.3. The van der Waals surface area contributed by atoms with Gasteiger partial charge in [-0.05, 0) is 58.2 Å². The van der Waals surface area contributed by atoms with Crippen molar-refractivity contribution in [1.29, 1.82) is 0 Å². The Morgan fingerprint density at radius 3 is 2.48 bits per heavy atom. The Hall–Kier alpha value is -2.05. The second-order valence-corrected chi connectivity index (χ2v) is 6.59. The lowest BCUT2D eigenvalue weighted by Gasteiger charge is -2.10. The molecule has 2 aromatic rings. The number of ether oxygens (including phenoxy) is 1. The van der Waals surface area contributed by atoms with E-state index >= 15 is 0 Å². The third kappa shape index (κ3) is 6.07. The molecule has 2 amide bonds. The molecule has 132 valence electrons. The van der Waals surface area contributed by atoms with Gasteiger partial charge in [0.15, 0.2) is 0 Å². The van der Waals surface area contributed by atoms with Crippen molar-refractivity contribution in [2.45, 2.75) is 19.8 Å². The summed E-state index contributed by atoms with van der Waals surface area (Å²) in [5, 5.41) is 0.606. The van der Waals surface area contributed by atoms with E-state index in [1.807, 2.05) is 6.92 Å². The van der Waals surface area contributed by atoms with Crippen LogP contribution in [0.25, 0.3) is 0 Å². The van der Waals surface area contributed by atoms with Crippen LogP contribution < -0.4 is 15.6 Å². The van der Waals surface area contributed by atoms with Crippen LogP contribution in [-0.2, 0) is 11.2 Å². The van der Waals surface area contributed by atoms with Gasteiger partial charge in [0, 0.05) is 10.6 Å². The van der Waals surface area contributed by atoms with Crippen molar-refractivity contribution in [2.75, 3.05) is 6.61 Å². The number of halogens is 2. The van der Waals surface area contributed by atoms with Crippen LogP contribution in [0.2, 0.25) is 5.02 Å². The Morgan fingerprint density at radius 2 is 1.84 bits per heavy atom. The van der Waals surface area contributed by atoms with Gasteiger partial charge < -0.3 is 4.74 Å². The normalized spacial score (nSPS) is 10.2. The molecule has 0 aliphatic rings. The SMILES string of the molecule is CCCOc1ccc(C(=O)NNC(=O)Cc2ccc(Cl)cc2)cc1Br. The molecule has 2 rings (SSSR count). The van der Waals surface area contributed by atoms with Crippen LogP contribution in [0.5, 0.6) is 5.75 Å². The minimum atomic E-state index is -0.410. The minimum absolute atomic E-state index is 0.144. The van der Waals surface area contributed by atoms with Gasteiger partial charge in [0.2, 0.25) is 5.91 Å². The molecule has 0 aromatic heterocycles. The lowest BCUT2D eigenvalue weighted by molar-refractivity contribution is -0.121. The maximum absolute atomic E-state index is 12.1. The second kappa shape index (κ2) is 9.44. The highest BCUT2D eigenvalue weighted by Gasteiger charge is 2.11. The van der Waals surface area contributed by atoms with E-state index in [0.29, 0.717) is 27.4 Å². The molecule has 0 saturated carbocycles. The molecular formula is C18H18BrClN2O3. The zero-order valence-corrected chi connectivity index (χ0v) is 16.0. The average Bonchev–Trinajstić information content (AvgIpc) is 2.60. The maximum atomic E-state index is 12.1. The molecular weight excluding hydrogens is 408 g/mol. The molecule has 0 spiro atoms. The summed E-state index contributed by atoms with van der Waals surface area (Å²) in [5.74, 6) is -0.0602. The molecule has 5 nitrogen and oxygen atoms in total. The van der Waals surface area contributed by atoms with E-state index in [1.54, 1.807) is 42.5 Å². The zero-order chi connectivity index (χ0) is 18.2. The van der Waals surface area contributed by atoms with E-state index in [1.165, 1.54) is 0 Å². The number of nitrogens with one attached hydrogen (secondary N) is 2. The molecule has 0 atom stereocenters. The summed E-state index contributed by atoms with van der Waals surface area (Å²) >= 11 is 9.17. The van der Waals surface area contributed by atoms with Gasteiger partial charge in [-0.25, -0.2) is 0 Å². The lowest BCUT2D eigenvalue weighted by atomic mass is 10.1. The Balaban J connectivity index is 1.87. The van der Waals surface area contributed by atoms with E-state index in [2.05, 4.69) is 26.8 Å². The fourth-order valence-corrected chi connectivity index (χ4v) is 2.62. The molecule has 0 aliphatic carbocycles. The fourth-order valence-electron chi connectivity index (χ4n) is 2.00. The van der Waals surface area contributed by atoms with Crippen molar-refractivity contribution in [2.24, 2.45) is 0 Å². The molecule has 7 heteroatoms. The lowest BCUT2D eigenvalue weighted by Crippen LogP contribution is -2.42. The van der Waals surface area contributed by atoms with Crippen molar-refractivity contribution < 1.29 is 14.3 Å². The topological polar surface area (TPSA) is 67.4 Å². The standard InChI is InChI=1S/C18H18BrClN2O3/c1-2-9-25-16-8-5-13(11-15(16)19)18(24)22-21-17(23)10-12-3-6-14(20)7-4-12/h3-8,11H,2,9-10H2,1H3,(H,21,23)(H,22,24). The minimum Gasteiger partial charge on any atom is -0.492 e. The van der Waals surface area contributed by atoms with Crippen molar-refractivity contribution >= 4 is 39.3 Å². The molecule has 0 saturated heterocycles. The van der Waals surface area contributed by atoms with E-state index in [9.17, 15) is 9.59 Å². The number of hydrazine groups is 1. The molecule has 2 aromatic carbocycles. The molecule has 0 fully saturated rings. The van der Waals surface area contributed by atoms with E-state index in [-0.39, 0.29) is 12.3 Å². The molecule has 0 bridgehead atoms. The van der Waals surface area contributed by atoms with Gasteiger partial charge in [-0.2, -0.15) is 0 Å². The van der Waals surface area contributed by atoms with Crippen LogP contribution in [0, 0.1) is 0 Å². The number of benzene rings is 2. The fraction of sp³-hybridized carbons (Fsp3) is 0.222. The zero-order valence-electron chi connectivity index (χ0n) is 13.6. The summed E-state index contributed by atoms with van der Waals surface area (Å²) in [6, 6.07) is 11.9. The molecule has 0 heterocycles. The number of carbonyl (C=O) groups excluding carboxylic acids is 2. The number of rotatable bonds is 6. The van der Waals surface area contributed by atoms with Crippen LogP contribution in [0.3, 0.4) is 0 Å². The van der Waals surface area contributed by atoms with Crippen LogP contribution in [-0.4, -0.2) is 18.4 Å². The largest absolute Gasteiger partial charge is 0.492 e. The molecule has 0 radical (unpaired) electrons. The highest BCUT2D eigenvalue weighted by atomic mass is 79.9. The summed E-state index contributed by atoms with van der Waals surface area (Å²) in [4.78, 5) is 24.0. The van der Waals surface area contributed by atoms with E-state index in [0.717, 1.165) is 12.0 Å². The molecule has 0 aliphatic heterocycles. The quantitative estimate of drug-likeness (QED) is 0.690. The van der Waals surface area contributed by atoms with Crippen molar-refractivity contribution in [3.63, 3.8) is 0 Å². The van der Waals surface area contributed by atoms with Gasteiger partial charge in [-0.3, -0.25) is 20.4 Å². The van der Waals surface area contributed by atoms with Crippen molar-refractivity contribution in [1.82, 2.24) is 10.9 Å². The second-order valence-electron chi connectivity index (χ2n) is 5.30. The van der Waals surface area contributed by atoms with Gasteiger partial charge in [-0.1, -0.05) is 30.7 Å². The van der Waals surface area contributed by atoms with Crippen LogP contribution in [0.4, 0.5) is 0 Å². The Labute approximate surface area is 159 Å². The predicted molar refractivity (Wildman–Crippen MR) is 101 cm³/mol. The van der Waals surface area contributed by atoms with Gasteiger partial charge in [0.05, 0.1) is 17.5 Å². The number of hydrogen-bond donors (Lipinski definition) is 2.